The predicted octanol–water partition coefficient (Wildman–Crippen LogP) is 1.58. The molecular formula is C13H18N4O4. The van der Waals surface area contributed by atoms with Gasteiger partial charge in [0.1, 0.15) is 5.54 Å². The zero-order chi connectivity index (χ0) is 16.2. The molecule has 0 aliphatic rings. The van der Waals surface area contributed by atoms with Crippen LogP contribution in [0.3, 0.4) is 0 Å². The molecule has 0 fully saturated rings. The number of nitro groups is 1. The number of carbonyl (C=O) groups is 2. The summed E-state index contributed by atoms with van der Waals surface area (Å²) >= 11 is 0. The molecule has 0 unspecified atom stereocenters. The first-order chi connectivity index (χ1) is 9.70. The molecule has 1 aromatic rings. The highest BCUT2D eigenvalue weighted by Gasteiger charge is 2.34. The smallest absolute Gasteiger partial charge is 0.322 e. The lowest BCUT2D eigenvalue weighted by atomic mass is 10.0. The average molecular weight is 294 g/mol. The Morgan fingerprint density at radius 3 is 2.19 bits per heavy atom. The molecule has 0 saturated carbocycles. The maximum absolute atomic E-state index is 12.1. The number of hydrogen-bond acceptors (Lipinski definition) is 4. The lowest BCUT2D eigenvalue weighted by molar-refractivity contribution is -0.384. The number of likely N-dealkylation sites (N-methyl/N-ethyl adjacent to an activating group) is 2. The minimum atomic E-state index is -1.03. The van der Waals surface area contributed by atoms with Gasteiger partial charge in [0.25, 0.3) is 5.69 Å². The van der Waals surface area contributed by atoms with Gasteiger partial charge in [-0.05, 0) is 26.0 Å². The molecule has 1 rings (SSSR count). The van der Waals surface area contributed by atoms with E-state index in [1.807, 2.05) is 0 Å². The highest BCUT2D eigenvalue weighted by Crippen LogP contribution is 2.18. The first kappa shape index (κ1) is 16.4. The topological polar surface area (TPSA) is 105 Å². The molecule has 114 valence electrons. The highest BCUT2D eigenvalue weighted by molar-refractivity contribution is 5.95. The molecule has 0 aliphatic heterocycles. The number of nitrogens with one attached hydrogen (secondary N) is 2. The zero-order valence-electron chi connectivity index (χ0n) is 12.3. The van der Waals surface area contributed by atoms with Crippen molar-refractivity contribution >= 4 is 23.3 Å². The lowest BCUT2D eigenvalue weighted by Crippen LogP contribution is -2.55. The van der Waals surface area contributed by atoms with Crippen molar-refractivity contribution in [2.24, 2.45) is 0 Å². The first-order valence-electron chi connectivity index (χ1n) is 6.21. The molecule has 8 heteroatoms. The molecule has 1 aromatic carbocycles. The van der Waals surface area contributed by atoms with Crippen molar-refractivity contribution in [1.82, 2.24) is 10.2 Å². The fourth-order valence-electron chi connectivity index (χ4n) is 1.59. The number of benzene rings is 1. The van der Waals surface area contributed by atoms with Gasteiger partial charge in [-0.2, -0.15) is 0 Å². The third kappa shape index (κ3) is 3.68. The Kier molecular flexibility index (Phi) is 4.85. The Morgan fingerprint density at radius 2 is 1.76 bits per heavy atom. The fourth-order valence-corrected chi connectivity index (χ4v) is 1.59. The Labute approximate surface area is 122 Å². The Bertz CT molecular complexity index is 554. The minimum Gasteiger partial charge on any atom is -0.357 e. The third-order valence-electron chi connectivity index (χ3n) is 3.26. The van der Waals surface area contributed by atoms with Crippen molar-refractivity contribution in [1.29, 1.82) is 0 Å². The largest absolute Gasteiger partial charge is 0.357 e. The Morgan fingerprint density at radius 1 is 1.24 bits per heavy atom. The van der Waals surface area contributed by atoms with E-state index >= 15 is 0 Å². The molecule has 0 atom stereocenters. The molecule has 2 N–H and O–H groups in total. The van der Waals surface area contributed by atoms with Crippen LogP contribution in [-0.2, 0) is 4.79 Å². The summed E-state index contributed by atoms with van der Waals surface area (Å²) < 4.78 is 0. The van der Waals surface area contributed by atoms with Crippen LogP contribution in [0.1, 0.15) is 13.8 Å². The van der Waals surface area contributed by atoms with Crippen LogP contribution in [0.25, 0.3) is 0 Å². The minimum absolute atomic E-state index is 0.0629. The van der Waals surface area contributed by atoms with Gasteiger partial charge in [-0.1, -0.05) is 0 Å². The van der Waals surface area contributed by atoms with Crippen LogP contribution in [0, 0.1) is 10.1 Å². The summed E-state index contributed by atoms with van der Waals surface area (Å²) in [6, 6.07) is 4.95. The van der Waals surface area contributed by atoms with Crippen molar-refractivity contribution in [3.05, 3.63) is 34.4 Å². The van der Waals surface area contributed by atoms with Crippen molar-refractivity contribution in [3.8, 4) is 0 Å². The molecule has 0 radical (unpaired) electrons. The van der Waals surface area contributed by atoms with Gasteiger partial charge >= 0.3 is 6.03 Å². The van der Waals surface area contributed by atoms with Crippen LogP contribution in [-0.4, -0.2) is 41.4 Å². The average Bonchev–Trinajstić information content (AvgIpc) is 2.45. The lowest BCUT2D eigenvalue weighted by Gasteiger charge is -2.33. The number of carbonyl (C=O) groups excluding carboxylic acids is 2. The molecule has 0 aromatic heterocycles. The van der Waals surface area contributed by atoms with E-state index in [0.717, 1.165) is 0 Å². The molecule has 3 amide bonds. The molecule has 0 spiro atoms. The summed E-state index contributed by atoms with van der Waals surface area (Å²) in [6.45, 7) is 3.22. The summed E-state index contributed by atoms with van der Waals surface area (Å²) in [7, 11) is 2.99. The van der Waals surface area contributed by atoms with Crippen LogP contribution in [0.5, 0.6) is 0 Å². The highest BCUT2D eigenvalue weighted by atomic mass is 16.6. The van der Waals surface area contributed by atoms with E-state index in [4.69, 9.17) is 0 Å². The summed E-state index contributed by atoms with van der Waals surface area (Å²) in [5.41, 5.74) is -0.684. The van der Waals surface area contributed by atoms with E-state index in [2.05, 4.69) is 10.6 Å². The number of amides is 3. The molecule has 0 saturated heterocycles. The van der Waals surface area contributed by atoms with Gasteiger partial charge in [-0.3, -0.25) is 14.9 Å². The predicted molar refractivity (Wildman–Crippen MR) is 78.0 cm³/mol. The van der Waals surface area contributed by atoms with Gasteiger partial charge < -0.3 is 15.5 Å². The summed E-state index contributed by atoms with van der Waals surface area (Å²) in [5, 5.41) is 15.6. The first-order valence-corrected chi connectivity index (χ1v) is 6.21. The van der Waals surface area contributed by atoms with E-state index in [9.17, 15) is 19.7 Å². The number of non-ortho nitro benzene ring substituents is 1. The second kappa shape index (κ2) is 6.21. The van der Waals surface area contributed by atoms with Crippen molar-refractivity contribution in [2.75, 3.05) is 19.4 Å². The molecule has 21 heavy (non-hydrogen) atoms. The number of hydrogen-bond donors (Lipinski definition) is 2. The van der Waals surface area contributed by atoms with E-state index in [1.54, 1.807) is 13.8 Å². The van der Waals surface area contributed by atoms with Crippen molar-refractivity contribution < 1.29 is 14.5 Å². The van der Waals surface area contributed by atoms with E-state index in [0.29, 0.717) is 5.69 Å². The van der Waals surface area contributed by atoms with Crippen LogP contribution >= 0.6 is 0 Å². The second-order valence-corrected chi connectivity index (χ2v) is 4.93. The van der Waals surface area contributed by atoms with E-state index in [-0.39, 0.29) is 11.6 Å². The normalized spacial score (nSPS) is 10.7. The monoisotopic (exact) mass is 294 g/mol. The number of urea groups is 1. The zero-order valence-corrected chi connectivity index (χ0v) is 12.3. The van der Waals surface area contributed by atoms with Gasteiger partial charge in [0.15, 0.2) is 0 Å². The van der Waals surface area contributed by atoms with Gasteiger partial charge in [0, 0.05) is 31.9 Å². The van der Waals surface area contributed by atoms with Gasteiger partial charge in [0.2, 0.25) is 5.91 Å². The molecular weight excluding hydrogens is 276 g/mol. The number of rotatable bonds is 4. The quantitative estimate of drug-likeness (QED) is 0.649. The van der Waals surface area contributed by atoms with Gasteiger partial charge in [0.05, 0.1) is 4.92 Å². The van der Waals surface area contributed by atoms with Crippen LogP contribution < -0.4 is 10.6 Å². The molecule has 0 bridgehead atoms. The maximum Gasteiger partial charge on any atom is 0.322 e. The molecule has 0 heterocycles. The van der Waals surface area contributed by atoms with E-state index < -0.39 is 16.5 Å². The molecule has 0 aliphatic carbocycles. The Hall–Kier alpha value is -2.64. The number of anilines is 1. The van der Waals surface area contributed by atoms with Crippen LogP contribution in [0.15, 0.2) is 24.3 Å². The van der Waals surface area contributed by atoms with Crippen molar-refractivity contribution in [2.45, 2.75) is 19.4 Å². The summed E-state index contributed by atoms with van der Waals surface area (Å²) in [4.78, 5) is 35.1. The van der Waals surface area contributed by atoms with Crippen LogP contribution in [0.4, 0.5) is 16.2 Å². The SMILES string of the molecule is CNC(=O)C(C)(C)N(C)C(=O)Nc1ccc([N+](=O)[O-])cc1. The molecule has 8 nitrogen and oxygen atoms in total. The van der Waals surface area contributed by atoms with Gasteiger partial charge in [-0.15, -0.1) is 0 Å². The third-order valence-corrected chi connectivity index (χ3v) is 3.26. The maximum atomic E-state index is 12.1. The van der Waals surface area contributed by atoms with E-state index in [1.165, 1.54) is 43.3 Å². The number of nitro benzene ring substituents is 1. The number of nitrogens with zero attached hydrogens (tertiary/aromatic N) is 2. The van der Waals surface area contributed by atoms with Crippen molar-refractivity contribution in [3.63, 3.8) is 0 Å². The fraction of sp³-hybridized carbons (Fsp3) is 0.385. The summed E-state index contributed by atoms with van der Waals surface area (Å²) in [5.74, 6) is -0.302. The standard InChI is InChI=1S/C13H18N4O4/c1-13(2,11(18)14-3)16(4)12(19)15-9-5-7-10(8-6-9)17(20)21/h5-8H,1-4H3,(H,14,18)(H,15,19). The Balaban J connectivity index is 2.81. The summed E-state index contributed by atoms with van der Waals surface area (Å²) in [6.07, 6.45) is 0. The van der Waals surface area contributed by atoms with Crippen LogP contribution in [0.2, 0.25) is 0 Å². The second-order valence-electron chi connectivity index (χ2n) is 4.93. The van der Waals surface area contributed by atoms with Gasteiger partial charge in [-0.25, -0.2) is 4.79 Å².